The lowest BCUT2D eigenvalue weighted by Crippen LogP contribution is -2.43. The molecule has 1 aliphatic heterocycles. The molecule has 1 atom stereocenters. The van der Waals surface area contributed by atoms with E-state index in [9.17, 15) is 4.79 Å². The summed E-state index contributed by atoms with van der Waals surface area (Å²) in [6, 6.07) is 0.307. The predicted octanol–water partition coefficient (Wildman–Crippen LogP) is 1.51. The second-order valence-electron chi connectivity index (χ2n) is 6.17. The molecule has 2 rings (SSSR count). The molecule has 6 nitrogen and oxygen atoms in total. The van der Waals surface area contributed by atoms with Crippen molar-refractivity contribution in [2.45, 2.75) is 58.0 Å². The standard InChI is InChI=1S/C14H25N5O/c1-4-7-14(2,3)16-13(20)12-10-19(18-17-12)11-6-5-8-15-9-11/h10-11,15H,4-9H2,1-3H3,(H,16,20). The molecule has 0 spiro atoms. The molecule has 2 N–H and O–H groups in total. The van der Waals surface area contributed by atoms with Crippen molar-refractivity contribution >= 4 is 5.91 Å². The van der Waals surface area contributed by atoms with Gasteiger partial charge in [-0.15, -0.1) is 5.10 Å². The summed E-state index contributed by atoms with van der Waals surface area (Å²) in [4.78, 5) is 12.2. The van der Waals surface area contributed by atoms with Crippen LogP contribution < -0.4 is 10.6 Å². The summed E-state index contributed by atoms with van der Waals surface area (Å²) >= 11 is 0. The smallest absolute Gasteiger partial charge is 0.273 e. The highest BCUT2D eigenvalue weighted by atomic mass is 16.2. The van der Waals surface area contributed by atoms with Gasteiger partial charge in [-0.25, -0.2) is 4.68 Å². The lowest BCUT2D eigenvalue weighted by atomic mass is 9.99. The van der Waals surface area contributed by atoms with Gasteiger partial charge in [0.05, 0.1) is 12.2 Å². The molecule has 0 bridgehead atoms. The maximum atomic E-state index is 12.2. The quantitative estimate of drug-likeness (QED) is 0.857. The summed E-state index contributed by atoms with van der Waals surface area (Å²) in [7, 11) is 0. The third-order valence-corrected chi connectivity index (χ3v) is 3.71. The number of hydrogen-bond acceptors (Lipinski definition) is 4. The summed E-state index contributed by atoms with van der Waals surface area (Å²) in [5, 5.41) is 14.5. The summed E-state index contributed by atoms with van der Waals surface area (Å²) in [6.45, 7) is 8.13. The lowest BCUT2D eigenvalue weighted by molar-refractivity contribution is 0.0903. The molecular weight excluding hydrogens is 254 g/mol. The van der Waals surface area contributed by atoms with E-state index in [1.54, 1.807) is 6.20 Å². The monoisotopic (exact) mass is 279 g/mol. The van der Waals surface area contributed by atoms with Crippen LogP contribution in [0.4, 0.5) is 0 Å². The van der Waals surface area contributed by atoms with E-state index in [1.165, 1.54) is 0 Å². The normalized spacial score (nSPS) is 19.9. The first kappa shape index (κ1) is 15.0. The van der Waals surface area contributed by atoms with Gasteiger partial charge in [0.15, 0.2) is 5.69 Å². The maximum absolute atomic E-state index is 12.2. The fourth-order valence-electron chi connectivity index (χ4n) is 2.68. The molecule has 6 heteroatoms. The van der Waals surface area contributed by atoms with Crippen LogP contribution in [0.3, 0.4) is 0 Å². The maximum Gasteiger partial charge on any atom is 0.273 e. The number of hydrogen-bond donors (Lipinski definition) is 2. The highest BCUT2D eigenvalue weighted by Gasteiger charge is 2.23. The van der Waals surface area contributed by atoms with Crippen LogP contribution in [-0.2, 0) is 0 Å². The third-order valence-electron chi connectivity index (χ3n) is 3.71. The van der Waals surface area contributed by atoms with Gasteiger partial charge in [0.2, 0.25) is 0 Å². The zero-order valence-electron chi connectivity index (χ0n) is 12.6. The third kappa shape index (κ3) is 3.79. The molecule has 1 saturated heterocycles. The van der Waals surface area contributed by atoms with Crippen LogP contribution >= 0.6 is 0 Å². The molecule has 1 aromatic rings. The van der Waals surface area contributed by atoms with E-state index >= 15 is 0 Å². The molecule has 0 saturated carbocycles. The van der Waals surface area contributed by atoms with Crippen LogP contribution in [0.2, 0.25) is 0 Å². The van der Waals surface area contributed by atoms with Gasteiger partial charge < -0.3 is 10.6 Å². The van der Waals surface area contributed by atoms with Crippen LogP contribution in [0.25, 0.3) is 0 Å². The lowest BCUT2D eigenvalue weighted by Gasteiger charge is -2.25. The molecule has 2 heterocycles. The van der Waals surface area contributed by atoms with Gasteiger partial charge in [-0.05, 0) is 39.7 Å². The van der Waals surface area contributed by atoms with Crippen molar-refractivity contribution < 1.29 is 4.79 Å². The van der Waals surface area contributed by atoms with E-state index in [0.717, 1.165) is 38.8 Å². The molecule has 1 aliphatic rings. The van der Waals surface area contributed by atoms with Crippen LogP contribution in [0.5, 0.6) is 0 Å². The number of nitrogens with zero attached hydrogens (tertiary/aromatic N) is 3. The summed E-state index contributed by atoms with van der Waals surface area (Å²) in [5.41, 5.74) is 0.196. The molecule has 0 aliphatic carbocycles. The molecular formula is C14H25N5O. The first-order valence-corrected chi connectivity index (χ1v) is 7.47. The van der Waals surface area contributed by atoms with Gasteiger partial charge in [-0.1, -0.05) is 18.6 Å². The van der Waals surface area contributed by atoms with Crippen molar-refractivity contribution in [2.75, 3.05) is 13.1 Å². The fourth-order valence-corrected chi connectivity index (χ4v) is 2.68. The molecule has 20 heavy (non-hydrogen) atoms. The van der Waals surface area contributed by atoms with Crippen LogP contribution in [0, 0.1) is 0 Å². The Morgan fingerprint density at radius 3 is 3.05 bits per heavy atom. The highest BCUT2D eigenvalue weighted by Crippen LogP contribution is 2.16. The van der Waals surface area contributed by atoms with Crippen molar-refractivity contribution in [3.05, 3.63) is 11.9 Å². The van der Waals surface area contributed by atoms with E-state index in [1.807, 2.05) is 18.5 Å². The Hall–Kier alpha value is -1.43. The Labute approximate surface area is 120 Å². The fraction of sp³-hybridized carbons (Fsp3) is 0.786. The van der Waals surface area contributed by atoms with Crippen LogP contribution in [-0.4, -0.2) is 39.5 Å². The van der Waals surface area contributed by atoms with E-state index in [4.69, 9.17) is 0 Å². The average molecular weight is 279 g/mol. The van der Waals surface area contributed by atoms with Gasteiger partial charge in [-0.2, -0.15) is 0 Å². The van der Waals surface area contributed by atoms with Crippen molar-refractivity contribution in [2.24, 2.45) is 0 Å². The second kappa shape index (κ2) is 6.35. The summed E-state index contributed by atoms with van der Waals surface area (Å²) < 4.78 is 1.81. The first-order valence-electron chi connectivity index (χ1n) is 7.47. The van der Waals surface area contributed by atoms with Gasteiger partial charge >= 0.3 is 0 Å². The molecule has 0 aromatic carbocycles. The minimum absolute atomic E-state index is 0.140. The number of nitrogens with one attached hydrogen (secondary N) is 2. The number of piperidine rings is 1. The SMILES string of the molecule is CCCC(C)(C)NC(=O)c1cn(C2CCCNC2)nn1. The Bertz CT molecular complexity index is 448. The minimum atomic E-state index is -0.206. The Balaban J connectivity index is 1.99. The van der Waals surface area contributed by atoms with Gasteiger partial charge in [0.25, 0.3) is 5.91 Å². The Morgan fingerprint density at radius 1 is 1.60 bits per heavy atom. The topological polar surface area (TPSA) is 71.8 Å². The number of amides is 1. The highest BCUT2D eigenvalue weighted by molar-refractivity contribution is 5.92. The van der Waals surface area contributed by atoms with E-state index in [2.05, 4.69) is 27.9 Å². The minimum Gasteiger partial charge on any atom is -0.346 e. The Morgan fingerprint density at radius 2 is 2.40 bits per heavy atom. The predicted molar refractivity (Wildman–Crippen MR) is 77.6 cm³/mol. The van der Waals surface area contributed by atoms with E-state index < -0.39 is 0 Å². The zero-order chi connectivity index (χ0) is 14.6. The molecule has 0 radical (unpaired) electrons. The number of aromatic nitrogens is 3. The molecule has 1 aromatic heterocycles. The number of carbonyl (C=O) groups excluding carboxylic acids is 1. The van der Waals surface area contributed by atoms with Crippen molar-refractivity contribution in [1.82, 2.24) is 25.6 Å². The van der Waals surface area contributed by atoms with Crippen molar-refractivity contribution in [3.8, 4) is 0 Å². The van der Waals surface area contributed by atoms with Crippen molar-refractivity contribution in [1.29, 1.82) is 0 Å². The number of rotatable bonds is 5. The largest absolute Gasteiger partial charge is 0.346 e. The molecule has 1 fully saturated rings. The Kier molecular flexibility index (Phi) is 4.75. The molecule has 1 unspecified atom stereocenters. The van der Waals surface area contributed by atoms with Crippen LogP contribution in [0.1, 0.15) is 63.0 Å². The molecule has 1 amide bonds. The van der Waals surface area contributed by atoms with Gasteiger partial charge in [0.1, 0.15) is 0 Å². The van der Waals surface area contributed by atoms with Gasteiger partial charge in [-0.3, -0.25) is 4.79 Å². The average Bonchev–Trinajstić information content (AvgIpc) is 2.88. The summed E-state index contributed by atoms with van der Waals surface area (Å²) in [6.07, 6.45) is 5.95. The van der Waals surface area contributed by atoms with Gasteiger partial charge in [0, 0.05) is 12.1 Å². The molecule has 112 valence electrons. The zero-order valence-corrected chi connectivity index (χ0v) is 12.6. The van der Waals surface area contributed by atoms with E-state index in [0.29, 0.717) is 11.7 Å². The van der Waals surface area contributed by atoms with Crippen LogP contribution in [0.15, 0.2) is 6.20 Å². The summed E-state index contributed by atoms with van der Waals surface area (Å²) in [5.74, 6) is -0.140. The second-order valence-corrected chi connectivity index (χ2v) is 6.17. The first-order chi connectivity index (χ1) is 9.52. The van der Waals surface area contributed by atoms with E-state index in [-0.39, 0.29) is 11.4 Å². The number of carbonyl (C=O) groups is 1. The van der Waals surface area contributed by atoms with Crippen molar-refractivity contribution in [3.63, 3.8) is 0 Å².